The Morgan fingerprint density at radius 3 is 2.58 bits per heavy atom. The fourth-order valence-corrected chi connectivity index (χ4v) is 2.14. The van der Waals surface area contributed by atoms with Crippen LogP contribution in [0, 0.1) is 6.92 Å². The average molecular weight is 249 g/mol. The summed E-state index contributed by atoms with van der Waals surface area (Å²) in [4.78, 5) is 4.44. The molecular formula is C16H15N3. The summed E-state index contributed by atoms with van der Waals surface area (Å²) in [6, 6.07) is 16.0. The SMILES string of the molecule is Cc1c(N)cccc1Nc1cccc2cccnc12. The van der Waals surface area contributed by atoms with Crippen molar-refractivity contribution in [2.45, 2.75) is 6.92 Å². The van der Waals surface area contributed by atoms with E-state index in [-0.39, 0.29) is 0 Å². The number of rotatable bonds is 2. The van der Waals surface area contributed by atoms with Gasteiger partial charge in [0.15, 0.2) is 0 Å². The monoisotopic (exact) mass is 249 g/mol. The Morgan fingerprint density at radius 1 is 0.947 bits per heavy atom. The van der Waals surface area contributed by atoms with Crippen LogP contribution in [0.15, 0.2) is 54.7 Å². The molecule has 3 N–H and O–H groups in total. The van der Waals surface area contributed by atoms with Crippen LogP contribution >= 0.6 is 0 Å². The number of pyridine rings is 1. The van der Waals surface area contributed by atoms with E-state index >= 15 is 0 Å². The van der Waals surface area contributed by atoms with E-state index in [0.717, 1.165) is 33.5 Å². The van der Waals surface area contributed by atoms with Gasteiger partial charge in [0, 0.05) is 23.0 Å². The zero-order valence-electron chi connectivity index (χ0n) is 10.7. The summed E-state index contributed by atoms with van der Waals surface area (Å²) in [7, 11) is 0. The van der Waals surface area contributed by atoms with Gasteiger partial charge in [0.1, 0.15) is 0 Å². The highest BCUT2D eigenvalue weighted by Crippen LogP contribution is 2.28. The topological polar surface area (TPSA) is 50.9 Å². The van der Waals surface area contributed by atoms with Crippen LogP contribution in [0.25, 0.3) is 10.9 Å². The molecule has 3 aromatic rings. The van der Waals surface area contributed by atoms with E-state index in [4.69, 9.17) is 5.73 Å². The van der Waals surface area contributed by atoms with Gasteiger partial charge in [-0.15, -0.1) is 0 Å². The molecule has 0 radical (unpaired) electrons. The zero-order chi connectivity index (χ0) is 13.2. The van der Waals surface area contributed by atoms with E-state index in [1.54, 1.807) is 6.20 Å². The van der Waals surface area contributed by atoms with Crippen molar-refractivity contribution in [3.63, 3.8) is 0 Å². The molecule has 0 bridgehead atoms. The zero-order valence-corrected chi connectivity index (χ0v) is 10.7. The maximum atomic E-state index is 5.93. The van der Waals surface area contributed by atoms with Gasteiger partial charge < -0.3 is 11.1 Å². The van der Waals surface area contributed by atoms with Gasteiger partial charge >= 0.3 is 0 Å². The lowest BCUT2D eigenvalue weighted by Gasteiger charge is -2.12. The van der Waals surface area contributed by atoms with Crippen LogP contribution in [0.5, 0.6) is 0 Å². The summed E-state index contributed by atoms with van der Waals surface area (Å²) >= 11 is 0. The number of anilines is 3. The third-order valence-electron chi connectivity index (χ3n) is 3.28. The van der Waals surface area contributed by atoms with Crippen LogP contribution in [-0.4, -0.2) is 4.98 Å². The van der Waals surface area contributed by atoms with Crippen LogP contribution in [0.1, 0.15) is 5.56 Å². The molecule has 0 aliphatic heterocycles. The molecule has 1 aromatic heterocycles. The molecule has 94 valence electrons. The van der Waals surface area contributed by atoms with Crippen LogP contribution in [-0.2, 0) is 0 Å². The highest BCUT2D eigenvalue weighted by molar-refractivity contribution is 5.92. The molecule has 3 rings (SSSR count). The number of nitrogens with one attached hydrogen (secondary N) is 1. The maximum absolute atomic E-state index is 5.93. The van der Waals surface area contributed by atoms with Gasteiger partial charge in [0.2, 0.25) is 0 Å². The Kier molecular flexibility index (Phi) is 2.80. The number of benzene rings is 2. The number of hydrogen-bond acceptors (Lipinski definition) is 3. The largest absolute Gasteiger partial charge is 0.398 e. The van der Waals surface area contributed by atoms with Gasteiger partial charge in [0.25, 0.3) is 0 Å². The summed E-state index contributed by atoms with van der Waals surface area (Å²) in [6.45, 7) is 2.01. The number of hydrogen-bond donors (Lipinski definition) is 2. The molecule has 0 aliphatic carbocycles. The summed E-state index contributed by atoms with van der Waals surface area (Å²) in [5.74, 6) is 0. The highest BCUT2D eigenvalue weighted by Gasteiger charge is 2.05. The van der Waals surface area contributed by atoms with Crippen LogP contribution < -0.4 is 11.1 Å². The lowest BCUT2D eigenvalue weighted by molar-refractivity contribution is 1.39. The molecule has 19 heavy (non-hydrogen) atoms. The second-order valence-electron chi connectivity index (χ2n) is 4.53. The minimum Gasteiger partial charge on any atom is -0.398 e. The van der Waals surface area contributed by atoms with Crippen LogP contribution in [0.3, 0.4) is 0 Å². The Morgan fingerprint density at radius 2 is 1.68 bits per heavy atom. The third-order valence-corrected chi connectivity index (χ3v) is 3.28. The maximum Gasteiger partial charge on any atom is 0.0936 e. The van der Waals surface area contributed by atoms with Crippen molar-refractivity contribution in [2.24, 2.45) is 0 Å². The quantitative estimate of drug-likeness (QED) is 0.678. The molecule has 0 unspecified atom stereocenters. The van der Waals surface area contributed by atoms with Crippen molar-refractivity contribution in [3.8, 4) is 0 Å². The van der Waals surface area contributed by atoms with Crippen LogP contribution in [0.4, 0.5) is 17.1 Å². The van der Waals surface area contributed by atoms with Crippen molar-refractivity contribution in [1.29, 1.82) is 0 Å². The first-order valence-corrected chi connectivity index (χ1v) is 6.21. The van der Waals surface area contributed by atoms with Gasteiger partial charge in [-0.2, -0.15) is 0 Å². The summed E-state index contributed by atoms with van der Waals surface area (Å²) < 4.78 is 0. The molecule has 0 atom stereocenters. The van der Waals surface area contributed by atoms with Crippen molar-refractivity contribution in [2.75, 3.05) is 11.1 Å². The molecule has 3 nitrogen and oxygen atoms in total. The molecule has 0 fully saturated rings. The molecular weight excluding hydrogens is 234 g/mol. The predicted molar refractivity (Wildman–Crippen MR) is 80.6 cm³/mol. The molecule has 1 heterocycles. The van der Waals surface area contributed by atoms with Gasteiger partial charge in [0.05, 0.1) is 11.2 Å². The first-order chi connectivity index (χ1) is 9.25. The van der Waals surface area contributed by atoms with Gasteiger partial charge in [-0.1, -0.05) is 24.3 Å². The molecule has 0 amide bonds. The second kappa shape index (κ2) is 4.61. The smallest absolute Gasteiger partial charge is 0.0936 e. The first-order valence-electron chi connectivity index (χ1n) is 6.21. The van der Waals surface area contributed by atoms with Crippen molar-refractivity contribution in [3.05, 3.63) is 60.3 Å². The summed E-state index contributed by atoms with van der Waals surface area (Å²) in [6.07, 6.45) is 1.81. The standard InChI is InChI=1S/C16H15N3/c1-11-13(17)7-3-8-14(11)19-15-9-2-5-12-6-4-10-18-16(12)15/h2-10,19H,17H2,1H3. The van der Waals surface area contributed by atoms with Crippen molar-refractivity contribution < 1.29 is 0 Å². The van der Waals surface area contributed by atoms with Crippen LogP contribution in [0.2, 0.25) is 0 Å². The predicted octanol–water partition coefficient (Wildman–Crippen LogP) is 3.87. The number of fused-ring (bicyclic) bond motifs is 1. The number of para-hydroxylation sites is 1. The van der Waals surface area contributed by atoms with E-state index in [1.165, 1.54) is 0 Å². The summed E-state index contributed by atoms with van der Waals surface area (Å²) in [5.41, 5.74) is 10.7. The Labute approximate surface area is 112 Å². The third kappa shape index (κ3) is 2.10. The minimum atomic E-state index is 0.790. The second-order valence-corrected chi connectivity index (χ2v) is 4.53. The highest BCUT2D eigenvalue weighted by atomic mass is 14.9. The molecule has 0 saturated carbocycles. The molecule has 3 heteroatoms. The number of nitrogen functional groups attached to an aromatic ring is 1. The van der Waals surface area contributed by atoms with E-state index in [1.807, 2.05) is 43.3 Å². The lowest BCUT2D eigenvalue weighted by atomic mass is 10.1. The Hall–Kier alpha value is -2.55. The number of nitrogens with two attached hydrogens (primary N) is 1. The van der Waals surface area contributed by atoms with Crippen molar-refractivity contribution >= 4 is 28.0 Å². The van der Waals surface area contributed by atoms with E-state index < -0.39 is 0 Å². The fraction of sp³-hybridized carbons (Fsp3) is 0.0625. The van der Waals surface area contributed by atoms with Gasteiger partial charge in [-0.3, -0.25) is 4.98 Å². The molecule has 0 spiro atoms. The normalized spacial score (nSPS) is 10.6. The van der Waals surface area contributed by atoms with E-state index in [9.17, 15) is 0 Å². The van der Waals surface area contributed by atoms with Gasteiger partial charge in [-0.25, -0.2) is 0 Å². The van der Waals surface area contributed by atoms with Crippen molar-refractivity contribution in [1.82, 2.24) is 4.98 Å². The van der Waals surface area contributed by atoms with Gasteiger partial charge in [-0.05, 0) is 36.8 Å². The lowest BCUT2D eigenvalue weighted by Crippen LogP contribution is -1.98. The molecule has 0 saturated heterocycles. The fourth-order valence-electron chi connectivity index (χ4n) is 2.14. The molecule has 2 aromatic carbocycles. The minimum absolute atomic E-state index is 0.790. The Balaban J connectivity index is 2.09. The van der Waals surface area contributed by atoms with E-state index in [2.05, 4.69) is 22.4 Å². The number of nitrogens with zero attached hydrogens (tertiary/aromatic N) is 1. The van der Waals surface area contributed by atoms with E-state index in [0.29, 0.717) is 0 Å². The molecule has 0 aliphatic rings. The summed E-state index contributed by atoms with van der Waals surface area (Å²) in [5, 5.41) is 4.53. The number of aromatic nitrogens is 1. The first kappa shape index (κ1) is 11.5. The average Bonchev–Trinajstić information content (AvgIpc) is 2.44. The Bertz CT molecular complexity index is 730.